The summed E-state index contributed by atoms with van der Waals surface area (Å²) in [4.78, 5) is 4.21. The predicted octanol–water partition coefficient (Wildman–Crippen LogP) is 3.08. The molecule has 1 aromatic carbocycles. The Balaban J connectivity index is 2.52. The molecule has 1 rings (SSSR count). The fourth-order valence-corrected chi connectivity index (χ4v) is 2.03. The Kier molecular flexibility index (Phi) is 6.19. The van der Waals surface area contributed by atoms with Crippen molar-refractivity contribution in [3.8, 4) is 0 Å². The van der Waals surface area contributed by atoms with E-state index in [1.807, 2.05) is 0 Å². The molecule has 4 heteroatoms. The molecule has 0 aromatic heterocycles. The average Bonchev–Trinajstić information content (AvgIpc) is 2.31. The van der Waals surface area contributed by atoms with Gasteiger partial charge in [-0.3, -0.25) is 4.99 Å². The zero-order chi connectivity index (χ0) is 13.5. The molecule has 100 valence electrons. The van der Waals surface area contributed by atoms with Crippen molar-refractivity contribution < 1.29 is 0 Å². The van der Waals surface area contributed by atoms with Crippen molar-refractivity contribution in [2.45, 2.75) is 27.3 Å². The molecule has 1 aromatic rings. The molecule has 0 amide bonds. The van der Waals surface area contributed by atoms with Crippen molar-refractivity contribution in [3.63, 3.8) is 0 Å². The van der Waals surface area contributed by atoms with Crippen molar-refractivity contribution in [2.24, 2.45) is 10.9 Å². The first kappa shape index (κ1) is 15.0. The van der Waals surface area contributed by atoms with E-state index < -0.39 is 0 Å². The Bertz CT molecular complexity index is 414. The van der Waals surface area contributed by atoms with Crippen molar-refractivity contribution in [1.29, 1.82) is 0 Å². The van der Waals surface area contributed by atoms with Gasteiger partial charge in [0.2, 0.25) is 0 Å². The third-order valence-electron chi connectivity index (χ3n) is 2.65. The van der Waals surface area contributed by atoms with Gasteiger partial charge in [-0.25, -0.2) is 0 Å². The Labute approximate surface area is 118 Å². The summed E-state index contributed by atoms with van der Waals surface area (Å²) in [6.45, 7) is 8.19. The van der Waals surface area contributed by atoms with Crippen LogP contribution in [-0.2, 0) is 6.54 Å². The monoisotopic (exact) mass is 311 g/mol. The fraction of sp³-hybridized carbons (Fsp3) is 0.500. The second kappa shape index (κ2) is 7.41. The Morgan fingerprint density at radius 3 is 2.61 bits per heavy atom. The van der Waals surface area contributed by atoms with Crippen molar-refractivity contribution in [3.05, 3.63) is 33.8 Å². The fourth-order valence-electron chi connectivity index (χ4n) is 1.56. The van der Waals surface area contributed by atoms with Gasteiger partial charge in [0, 0.05) is 24.6 Å². The van der Waals surface area contributed by atoms with Gasteiger partial charge in [-0.2, -0.15) is 0 Å². The minimum Gasteiger partial charge on any atom is -0.356 e. The Morgan fingerprint density at radius 2 is 2.06 bits per heavy atom. The molecule has 18 heavy (non-hydrogen) atoms. The normalized spacial score (nSPS) is 11.8. The number of halogens is 1. The second-order valence-corrected chi connectivity index (χ2v) is 5.69. The molecule has 0 heterocycles. The number of nitrogens with zero attached hydrogens (tertiary/aromatic N) is 1. The molecule has 0 aliphatic heterocycles. The van der Waals surface area contributed by atoms with Gasteiger partial charge >= 0.3 is 0 Å². The number of benzene rings is 1. The number of guanidine groups is 1. The highest BCUT2D eigenvalue weighted by molar-refractivity contribution is 9.10. The Hall–Kier alpha value is -1.03. The zero-order valence-corrected chi connectivity index (χ0v) is 13.1. The molecule has 0 saturated heterocycles. The molecule has 0 aliphatic rings. The summed E-state index contributed by atoms with van der Waals surface area (Å²) in [5.74, 6) is 1.46. The van der Waals surface area contributed by atoms with Crippen LogP contribution in [0.5, 0.6) is 0 Å². The van der Waals surface area contributed by atoms with Crippen LogP contribution < -0.4 is 10.6 Å². The highest BCUT2D eigenvalue weighted by Crippen LogP contribution is 2.15. The smallest absolute Gasteiger partial charge is 0.191 e. The molecular formula is C14H22BrN3. The van der Waals surface area contributed by atoms with Gasteiger partial charge in [0.05, 0.1) is 0 Å². The molecule has 0 unspecified atom stereocenters. The van der Waals surface area contributed by atoms with E-state index in [1.54, 1.807) is 7.05 Å². The molecule has 0 spiro atoms. The topological polar surface area (TPSA) is 36.4 Å². The summed E-state index contributed by atoms with van der Waals surface area (Å²) in [6, 6.07) is 6.32. The molecule has 0 saturated carbocycles. The lowest BCUT2D eigenvalue weighted by molar-refractivity contribution is 0.614. The lowest BCUT2D eigenvalue weighted by Crippen LogP contribution is -2.38. The minimum absolute atomic E-state index is 0.609. The lowest BCUT2D eigenvalue weighted by Gasteiger charge is -2.14. The summed E-state index contributed by atoms with van der Waals surface area (Å²) in [5, 5.41) is 6.62. The molecule has 3 nitrogen and oxygen atoms in total. The van der Waals surface area contributed by atoms with Crippen LogP contribution in [0.4, 0.5) is 0 Å². The SMILES string of the molecule is CN=C(NCc1ccc(Br)cc1C)NCC(C)C. The maximum atomic E-state index is 4.21. The standard InChI is InChI=1S/C14H22BrN3/c1-10(2)8-17-14(16-4)18-9-12-5-6-13(15)7-11(12)3/h5-7,10H,8-9H2,1-4H3,(H2,16,17,18). The number of aryl methyl sites for hydroxylation is 1. The largest absolute Gasteiger partial charge is 0.356 e. The first-order valence-corrected chi connectivity index (χ1v) is 7.01. The number of aliphatic imine (C=N–C) groups is 1. The van der Waals surface area contributed by atoms with Crippen LogP contribution in [0.15, 0.2) is 27.7 Å². The van der Waals surface area contributed by atoms with Gasteiger partial charge in [-0.05, 0) is 36.1 Å². The number of nitrogens with one attached hydrogen (secondary N) is 2. The maximum absolute atomic E-state index is 4.21. The summed E-state index contributed by atoms with van der Waals surface area (Å²) in [6.07, 6.45) is 0. The van der Waals surface area contributed by atoms with Crippen LogP contribution in [-0.4, -0.2) is 19.6 Å². The maximum Gasteiger partial charge on any atom is 0.191 e. The summed E-state index contributed by atoms with van der Waals surface area (Å²) >= 11 is 3.47. The van der Waals surface area contributed by atoms with E-state index in [1.165, 1.54) is 11.1 Å². The number of hydrogen-bond acceptors (Lipinski definition) is 1. The third-order valence-corrected chi connectivity index (χ3v) is 3.15. The van der Waals surface area contributed by atoms with Gasteiger partial charge in [0.25, 0.3) is 0 Å². The van der Waals surface area contributed by atoms with Gasteiger partial charge in [-0.1, -0.05) is 35.8 Å². The molecule has 0 fully saturated rings. The summed E-state index contributed by atoms with van der Waals surface area (Å²) in [5.41, 5.74) is 2.56. The predicted molar refractivity (Wildman–Crippen MR) is 81.9 cm³/mol. The highest BCUT2D eigenvalue weighted by atomic mass is 79.9. The Morgan fingerprint density at radius 1 is 1.33 bits per heavy atom. The minimum atomic E-state index is 0.609. The van der Waals surface area contributed by atoms with Gasteiger partial charge in [0.15, 0.2) is 5.96 Å². The van der Waals surface area contributed by atoms with Crippen LogP contribution in [0.3, 0.4) is 0 Å². The van der Waals surface area contributed by atoms with Crippen LogP contribution in [0, 0.1) is 12.8 Å². The molecule has 0 aliphatic carbocycles. The van der Waals surface area contributed by atoms with Crippen LogP contribution >= 0.6 is 15.9 Å². The highest BCUT2D eigenvalue weighted by Gasteiger charge is 2.02. The first-order valence-electron chi connectivity index (χ1n) is 6.22. The molecule has 0 atom stereocenters. The second-order valence-electron chi connectivity index (χ2n) is 4.77. The van der Waals surface area contributed by atoms with Crippen LogP contribution in [0.2, 0.25) is 0 Å². The molecule has 2 N–H and O–H groups in total. The van der Waals surface area contributed by atoms with E-state index in [0.29, 0.717) is 5.92 Å². The number of hydrogen-bond donors (Lipinski definition) is 2. The zero-order valence-electron chi connectivity index (χ0n) is 11.5. The van der Waals surface area contributed by atoms with Gasteiger partial charge in [0.1, 0.15) is 0 Å². The van der Waals surface area contributed by atoms with E-state index in [9.17, 15) is 0 Å². The van der Waals surface area contributed by atoms with Crippen LogP contribution in [0.1, 0.15) is 25.0 Å². The molecular weight excluding hydrogens is 290 g/mol. The third kappa shape index (κ3) is 5.08. The first-order chi connectivity index (χ1) is 8.52. The summed E-state index contributed by atoms with van der Waals surface area (Å²) in [7, 11) is 1.80. The van der Waals surface area contributed by atoms with E-state index in [0.717, 1.165) is 23.5 Å². The van der Waals surface area contributed by atoms with Crippen molar-refractivity contribution in [1.82, 2.24) is 10.6 Å². The quantitative estimate of drug-likeness (QED) is 0.662. The molecule has 0 bridgehead atoms. The van der Waals surface area contributed by atoms with Crippen LogP contribution in [0.25, 0.3) is 0 Å². The van der Waals surface area contributed by atoms with Crippen molar-refractivity contribution in [2.75, 3.05) is 13.6 Å². The van der Waals surface area contributed by atoms with E-state index in [2.05, 4.69) is 70.5 Å². The summed E-state index contributed by atoms with van der Waals surface area (Å²) < 4.78 is 1.12. The van der Waals surface area contributed by atoms with E-state index >= 15 is 0 Å². The molecule has 0 radical (unpaired) electrons. The lowest BCUT2D eigenvalue weighted by atomic mass is 10.1. The average molecular weight is 312 g/mol. The van der Waals surface area contributed by atoms with E-state index in [4.69, 9.17) is 0 Å². The van der Waals surface area contributed by atoms with E-state index in [-0.39, 0.29) is 0 Å². The van der Waals surface area contributed by atoms with Gasteiger partial charge in [-0.15, -0.1) is 0 Å². The van der Waals surface area contributed by atoms with Crippen molar-refractivity contribution >= 4 is 21.9 Å². The van der Waals surface area contributed by atoms with Gasteiger partial charge < -0.3 is 10.6 Å². The number of rotatable bonds is 4.